The van der Waals surface area contributed by atoms with Gasteiger partial charge in [0.05, 0.1) is 13.3 Å². The average molecular weight is 438 g/mol. The van der Waals surface area contributed by atoms with Gasteiger partial charge >= 0.3 is 5.69 Å². The van der Waals surface area contributed by atoms with E-state index in [0.29, 0.717) is 31.0 Å². The third kappa shape index (κ3) is 3.98. The number of aromatic nitrogens is 3. The van der Waals surface area contributed by atoms with Gasteiger partial charge in [-0.2, -0.15) is 0 Å². The second-order valence-corrected chi connectivity index (χ2v) is 7.93. The fourth-order valence-electron chi connectivity index (χ4n) is 4.11. The highest BCUT2D eigenvalue weighted by molar-refractivity contribution is 5.92. The number of benzene rings is 1. The first kappa shape index (κ1) is 21.6. The number of hydrogen-bond donors (Lipinski definition) is 0. The quantitative estimate of drug-likeness (QED) is 0.604. The lowest BCUT2D eigenvalue weighted by molar-refractivity contribution is 0.0557. The molecule has 1 amide bonds. The Labute approximate surface area is 184 Å². The Hall–Kier alpha value is -3.62. The van der Waals surface area contributed by atoms with Gasteiger partial charge in [-0.15, -0.1) is 0 Å². The summed E-state index contributed by atoms with van der Waals surface area (Å²) in [6.07, 6.45) is 4.64. The maximum Gasteiger partial charge on any atom is 0.331 e. The van der Waals surface area contributed by atoms with Crippen LogP contribution in [0.4, 0.5) is 0 Å². The Morgan fingerprint density at radius 1 is 1.19 bits per heavy atom. The van der Waals surface area contributed by atoms with Crippen LogP contribution in [0.1, 0.15) is 53.0 Å². The van der Waals surface area contributed by atoms with E-state index in [-0.39, 0.29) is 17.6 Å². The van der Waals surface area contributed by atoms with Crippen molar-refractivity contribution in [3.05, 3.63) is 80.3 Å². The number of amides is 1. The number of hydrogen-bond acceptors (Lipinski definition) is 6. The fourth-order valence-corrected chi connectivity index (χ4v) is 4.11. The van der Waals surface area contributed by atoms with Gasteiger partial charge in [-0.05, 0) is 25.3 Å². The molecule has 9 nitrogen and oxygen atoms in total. The molecule has 4 rings (SSSR count). The van der Waals surface area contributed by atoms with Crippen LogP contribution >= 0.6 is 0 Å². The van der Waals surface area contributed by atoms with Crippen LogP contribution in [0.25, 0.3) is 0 Å². The zero-order chi connectivity index (χ0) is 22.8. The van der Waals surface area contributed by atoms with E-state index in [1.807, 2.05) is 24.3 Å². The van der Waals surface area contributed by atoms with E-state index in [1.54, 1.807) is 18.2 Å². The van der Waals surface area contributed by atoms with Crippen LogP contribution in [-0.4, -0.2) is 38.6 Å². The summed E-state index contributed by atoms with van der Waals surface area (Å²) in [6, 6.07) is 8.55. The first-order valence-corrected chi connectivity index (χ1v) is 10.5. The van der Waals surface area contributed by atoms with Gasteiger partial charge in [0.1, 0.15) is 23.2 Å². The molecule has 1 fully saturated rings. The maximum atomic E-state index is 13.3. The van der Waals surface area contributed by atoms with E-state index in [9.17, 15) is 14.4 Å². The number of likely N-dealkylation sites (tertiary alicyclic amines) is 1. The Bertz CT molecular complexity index is 1260. The average Bonchev–Trinajstić information content (AvgIpc) is 3.28. The highest BCUT2D eigenvalue weighted by Crippen LogP contribution is 2.32. The SMILES string of the molecule is COc1ccccc1Cc1cnc(C2CCCCN2C(=O)c2cc(=O)n(C)c(=O)n2C)o1. The van der Waals surface area contributed by atoms with E-state index >= 15 is 0 Å². The van der Waals surface area contributed by atoms with Crippen LogP contribution in [0.5, 0.6) is 5.75 Å². The van der Waals surface area contributed by atoms with E-state index in [4.69, 9.17) is 9.15 Å². The second-order valence-electron chi connectivity index (χ2n) is 7.93. The van der Waals surface area contributed by atoms with Crippen molar-refractivity contribution < 1.29 is 13.9 Å². The van der Waals surface area contributed by atoms with Gasteiger partial charge in [-0.1, -0.05) is 18.2 Å². The van der Waals surface area contributed by atoms with Crippen LogP contribution in [0.3, 0.4) is 0 Å². The van der Waals surface area contributed by atoms with Crippen molar-refractivity contribution in [2.45, 2.75) is 31.7 Å². The molecule has 3 heterocycles. The molecular formula is C23H26N4O5. The van der Waals surface area contributed by atoms with Gasteiger partial charge in [0.2, 0.25) is 5.89 Å². The molecule has 0 N–H and O–H groups in total. The number of ether oxygens (including phenoxy) is 1. The van der Waals surface area contributed by atoms with Crippen LogP contribution in [-0.2, 0) is 20.5 Å². The predicted molar refractivity (Wildman–Crippen MR) is 117 cm³/mol. The molecule has 0 radical (unpaired) electrons. The largest absolute Gasteiger partial charge is 0.496 e. The van der Waals surface area contributed by atoms with E-state index < -0.39 is 11.2 Å². The van der Waals surface area contributed by atoms with E-state index in [1.165, 1.54) is 24.7 Å². The zero-order valence-corrected chi connectivity index (χ0v) is 18.4. The minimum Gasteiger partial charge on any atom is -0.496 e. The number of carbonyl (C=O) groups excluding carboxylic acids is 1. The van der Waals surface area contributed by atoms with Crippen molar-refractivity contribution in [3.63, 3.8) is 0 Å². The van der Waals surface area contributed by atoms with Crippen molar-refractivity contribution in [2.75, 3.05) is 13.7 Å². The maximum absolute atomic E-state index is 13.3. The first-order chi connectivity index (χ1) is 15.4. The zero-order valence-electron chi connectivity index (χ0n) is 18.4. The summed E-state index contributed by atoms with van der Waals surface area (Å²) in [4.78, 5) is 43.8. The standard InChI is InChI=1S/C23H26N4O5/c1-25-18(13-20(28)26(2)23(25)30)22(29)27-11-7-6-9-17(27)21-24-14-16(32-21)12-15-8-4-5-10-19(15)31-3/h4-5,8,10,13-14,17H,6-7,9,11-12H2,1-3H3. The lowest BCUT2D eigenvalue weighted by Gasteiger charge is -2.34. The number of methoxy groups -OCH3 is 1. The van der Waals surface area contributed by atoms with Crippen LogP contribution in [0.15, 0.2) is 50.5 Å². The van der Waals surface area contributed by atoms with Crippen molar-refractivity contribution in [1.82, 2.24) is 19.0 Å². The van der Waals surface area contributed by atoms with Crippen molar-refractivity contribution >= 4 is 5.91 Å². The van der Waals surface area contributed by atoms with Gasteiger partial charge in [0, 0.05) is 38.7 Å². The molecule has 2 aromatic heterocycles. The molecule has 0 bridgehead atoms. The monoisotopic (exact) mass is 438 g/mol. The second kappa shape index (κ2) is 8.86. The smallest absolute Gasteiger partial charge is 0.331 e. The molecule has 32 heavy (non-hydrogen) atoms. The molecule has 9 heteroatoms. The first-order valence-electron chi connectivity index (χ1n) is 10.5. The molecule has 1 atom stereocenters. The minimum atomic E-state index is -0.537. The molecule has 168 valence electrons. The summed E-state index contributed by atoms with van der Waals surface area (Å²) < 4.78 is 13.6. The molecule has 1 aliphatic heterocycles. The van der Waals surface area contributed by atoms with Crippen molar-refractivity contribution in [3.8, 4) is 5.75 Å². The summed E-state index contributed by atoms with van der Waals surface area (Å²) in [7, 11) is 4.50. The molecule has 1 saturated heterocycles. The number of piperidine rings is 1. The Morgan fingerprint density at radius 3 is 2.75 bits per heavy atom. The summed E-state index contributed by atoms with van der Waals surface area (Å²) in [5, 5.41) is 0. The number of oxazole rings is 1. The molecule has 1 aliphatic rings. The van der Waals surface area contributed by atoms with Crippen LogP contribution < -0.4 is 16.0 Å². The molecule has 1 aromatic carbocycles. The van der Waals surface area contributed by atoms with Gasteiger partial charge in [0.15, 0.2) is 0 Å². The third-order valence-electron chi connectivity index (χ3n) is 5.92. The van der Waals surface area contributed by atoms with E-state index in [0.717, 1.165) is 28.7 Å². The molecule has 3 aromatic rings. The summed E-state index contributed by atoms with van der Waals surface area (Å²) in [5.74, 6) is 1.52. The Balaban J connectivity index is 1.62. The Morgan fingerprint density at radius 2 is 1.97 bits per heavy atom. The van der Waals surface area contributed by atoms with Gasteiger partial charge in [-0.3, -0.25) is 18.7 Å². The van der Waals surface area contributed by atoms with Gasteiger partial charge in [-0.25, -0.2) is 9.78 Å². The number of rotatable bonds is 5. The normalized spacial score (nSPS) is 16.2. The summed E-state index contributed by atoms with van der Waals surface area (Å²) in [5.41, 5.74) is -0.0138. The van der Waals surface area contributed by atoms with Crippen molar-refractivity contribution in [1.29, 1.82) is 0 Å². The number of carbonyl (C=O) groups is 1. The summed E-state index contributed by atoms with van der Waals surface area (Å²) in [6.45, 7) is 0.497. The summed E-state index contributed by atoms with van der Waals surface area (Å²) >= 11 is 0. The van der Waals surface area contributed by atoms with Crippen LogP contribution in [0, 0.1) is 0 Å². The minimum absolute atomic E-state index is 0.0609. The molecule has 1 unspecified atom stereocenters. The molecule has 0 saturated carbocycles. The predicted octanol–water partition coefficient (Wildman–Crippen LogP) is 2.04. The molecule has 0 aliphatic carbocycles. The Kier molecular flexibility index (Phi) is 5.98. The van der Waals surface area contributed by atoms with Crippen LogP contribution in [0.2, 0.25) is 0 Å². The fraction of sp³-hybridized carbons (Fsp3) is 0.391. The molecule has 0 spiro atoms. The lowest BCUT2D eigenvalue weighted by atomic mass is 10.0. The van der Waals surface area contributed by atoms with Crippen molar-refractivity contribution in [2.24, 2.45) is 14.1 Å². The number of nitrogens with zero attached hydrogens (tertiary/aromatic N) is 4. The number of para-hydroxylation sites is 1. The van der Waals surface area contributed by atoms with Gasteiger partial charge < -0.3 is 14.1 Å². The highest BCUT2D eigenvalue weighted by Gasteiger charge is 2.33. The van der Waals surface area contributed by atoms with Gasteiger partial charge in [0.25, 0.3) is 11.5 Å². The van der Waals surface area contributed by atoms with E-state index in [2.05, 4.69) is 4.98 Å². The highest BCUT2D eigenvalue weighted by atomic mass is 16.5. The molecular weight excluding hydrogens is 412 g/mol. The lowest BCUT2D eigenvalue weighted by Crippen LogP contribution is -2.44. The third-order valence-corrected chi connectivity index (χ3v) is 5.92. The topological polar surface area (TPSA) is 99.6 Å².